The molecule has 0 heterocycles. The molecule has 1 N–H and O–H groups in total. The molecule has 1 saturated carbocycles. The van der Waals surface area contributed by atoms with Crippen LogP contribution in [0.5, 0.6) is 0 Å². The number of aliphatic hydroxyl groups excluding tert-OH is 1. The van der Waals surface area contributed by atoms with Crippen LogP contribution in [-0.2, 0) is 28.6 Å². The van der Waals surface area contributed by atoms with Crippen molar-refractivity contribution in [3.8, 4) is 0 Å². The van der Waals surface area contributed by atoms with Gasteiger partial charge in [-0.3, -0.25) is 14.4 Å². The SMILES string of the molecule is C=C[C@]1(C)CCC2=C([C@H]1OC(C)=O)[C@H](OC(C)=O)C[C@H]1[C@](C)(COC(C)=O)CC[C@H](O)[C@]21C. The average molecular weight is 463 g/mol. The zero-order valence-electron chi connectivity index (χ0n) is 20.7. The maximum absolute atomic E-state index is 12.1. The van der Waals surface area contributed by atoms with E-state index in [0.717, 1.165) is 11.1 Å². The molecule has 7 heteroatoms. The topological polar surface area (TPSA) is 99.1 Å². The number of aliphatic hydroxyl groups is 1. The molecule has 1 fully saturated rings. The molecule has 7 atom stereocenters. The second kappa shape index (κ2) is 8.90. The first-order chi connectivity index (χ1) is 15.3. The molecule has 0 aromatic heterocycles. The Balaban J connectivity index is 2.21. The molecule has 0 unspecified atom stereocenters. The molecule has 184 valence electrons. The van der Waals surface area contributed by atoms with Crippen molar-refractivity contribution in [2.24, 2.45) is 22.2 Å². The standard InChI is InChI=1S/C26H38O7/c1-8-24(5)11-9-18-22(23(24)33-17(4)29)19(32-16(3)28)13-20-25(6,14-31-15(2)27)12-10-21(30)26(18,20)7/h8,19-21,23,30H,1,9-14H2,2-7H3/t19-,20+,21+,23-,24-,25+,26-/m1/s1. The number of esters is 3. The highest BCUT2D eigenvalue weighted by Crippen LogP contribution is 2.64. The number of hydrogen-bond acceptors (Lipinski definition) is 7. The van der Waals surface area contributed by atoms with E-state index in [1.165, 1.54) is 20.8 Å². The van der Waals surface area contributed by atoms with Gasteiger partial charge < -0.3 is 19.3 Å². The molecule has 0 saturated heterocycles. The summed E-state index contributed by atoms with van der Waals surface area (Å²) in [6.07, 6.45) is 3.04. The number of ether oxygens (including phenoxy) is 3. The van der Waals surface area contributed by atoms with E-state index in [2.05, 4.69) is 20.4 Å². The Kier molecular flexibility index (Phi) is 6.87. The van der Waals surface area contributed by atoms with E-state index >= 15 is 0 Å². The third-order valence-corrected chi connectivity index (χ3v) is 8.50. The highest BCUT2D eigenvalue weighted by molar-refractivity contribution is 5.68. The van der Waals surface area contributed by atoms with Crippen molar-refractivity contribution >= 4 is 17.9 Å². The number of carbonyl (C=O) groups is 3. The molecular weight excluding hydrogens is 424 g/mol. The van der Waals surface area contributed by atoms with E-state index in [4.69, 9.17) is 14.2 Å². The van der Waals surface area contributed by atoms with Gasteiger partial charge in [-0.05, 0) is 38.0 Å². The van der Waals surface area contributed by atoms with Crippen molar-refractivity contribution in [2.45, 2.75) is 92.0 Å². The van der Waals surface area contributed by atoms with Gasteiger partial charge in [0.15, 0.2) is 0 Å². The van der Waals surface area contributed by atoms with Crippen LogP contribution in [0.3, 0.4) is 0 Å². The molecule has 0 amide bonds. The van der Waals surface area contributed by atoms with Crippen molar-refractivity contribution in [1.29, 1.82) is 0 Å². The quantitative estimate of drug-likeness (QED) is 0.376. The van der Waals surface area contributed by atoms with Crippen LogP contribution in [0, 0.1) is 22.2 Å². The molecule has 3 aliphatic rings. The van der Waals surface area contributed by atoms with Gasteiger partial charge in [0.05, 0.1) is 12.7 Å². The lowest BCUT2D eigenvalue weighted by Gasteiger charge is -2.61. The Hall–Kier alpha value is -2.15. The predicted molar refractivity (Wildman–Crippen MR) is 122 cm³/mol. The van der Waals surface area contributed by atoms with Crippen molar-refractivity contribution in [3.63, 3.8) is 0 Å². The molecule has 0 bridgehead atoms. The molecule has 0 aromatic rings. The van der Waals surface area contributed by atoms with Gasteiger partial charge in [-0.15, -0.1) is 6.58 Å². The monoisotopic (exact) mass is 462 g/mol. The van der Waals surface area contributed by atoms with Crippen molar-refractivity contribution < 1.29 is 33.7 Å². The molecule has 0 radical (unpaired) electrons. The van der Waals surface area contributed by atoms with Crippen molar-refractivity contribution in [2.75, 3.05) is 6.61 Å². The molecule has 0 aliphatic heterocycles. The van der Waals surface area contributed by atoms with E-state index in [9.17, 15) is 19.5 Å². The fraction of sp³-hybridized carbons (Fsp3) is 0.731. The molecule has 0 spiro atoms. The van der Waals surface area contributed by atoms with Gasteiger partial charge in [0.1, 0.15) is 12.2 Å². The van der Waals surface area contributed by atoms with E-state index in [0.29, 0.717) is 32.1 Å². The zero-order valence-corrected chi connectivity index (χ0v) is 20.7. The lowest BCUT2D eigenvalue weighted by atomic mass is 9.46. The van der Waals surface area contributed by atoms with Gasteiger partial charge in [0, 0.05) is 42.6 Å². The Morgan fingerprint density at radius 3 is 2.24 bits per heavy atom. The Morgan fingerprint density at radius 1 is 1.06 bits per heavy atom. The van der Waals surface area contributed by atoms with Crippen LogP contribution in [0.1, 0.15) is 73.6 Å². The molecule has 3 rings (SSSR count). The summed E-state index contributed by atoms with van der Waals surface area (Å²) in [6, 6.07) is 0. The zero-order chi connectivity index (χ0) is 24.8. The van der Waals surface area contributed by atoms with Gasteiger partial charge in [0.25, 0.3) is 0 Å². The number of rotatable bonds is 5. The van der Waals surface area contributed by atoms with Crippen LogP contribution in [-0.4, -0.2) is 47.9 Å². The first-order valence-corrected chi connectivity index (χ1v) is 11.8. The minimum Gasteiger partial charge on any atom is -0.465 e. The Labute approximate surface area is 196 Å². The summed E-state index contributed by atoms with van der Waals surface area (Å²) >= 11 is 0. The smallest absolute Gasteiger partial charge is 0.303 e. The van der Waals surface area contributed by atoms with Crippen LogP contribution >= 0.6 is 0 Å². The van der Waals surface area contributed by atoms with Gasteiger partial charge in [-0.25, -0.2) is 0 Å². The van der Waals surface area contributed by atoms with Crippen LogP contribution < -0.4 is 0 Å². The summed E-state index contributed by atoms with van der Waals surface area (Å²) in [6.45, 7) is 14.5. The predicted octanol–water partition coefficient (Wildman–Crippen LogP) is 3.88. The Morgan fingerprint density at radius 2 is 1.70 bits per heavy atom. The first kappa shape index (κ1) is 25.5. The van der Waals surface area contributed by atoms with Crippen LogP contribution in [0.25, 0.3) is 0 Å². The fourth-order valence-electron chi connectivity index (χ4n) is 6.63. The lowest BCUT2D eigenvalue weighted by Crippen LogP contribution is -2.60. The summed E-state index contributed by atoms with van der Waals surface area (Å²) < 4.78 is 17.2. The highest BCUT2D eigenvalue weighted by Gasteiger charge is 2.62. The minimum atomic E-state index is -0.632. The van der Waals surface area contributed by atoms with Crippen LogP contribution in [0.4, 0.5) is 0 Å². The second-order valence-electron chi connectivity index (χ2n) is 10.8. The molecule has 0 aromatic carbocycles. The summed E-state index contributed by atoms with van der Waals surface area (Å²) in [5.74, 6) is -1.27. The molecule has 33 heavy (non-hydrogen) atoms. The molecular formula is C26H38O7. The van der Waals surface area contributed by atoms with Gasteiger partial charge in [0.2, 0.25) is 0 Å². The number of fused-ring (bicyclic) bond motifs is 2. The largest absolute Gasteiger partial charge is 0.465 e. The van der Waals surface area contributed by atoms with Gasteiger partial charge in [-0.2, -0.15) is 0 Å². The normalized spacial score (nSPS) is 40.2. The lowest BCUT2D eigenvalue weighted by molar-refractivity contribution is -0.168. The fourth-order valence-corrected chi connectivity index (χ4v) is 6.63. The third-order valence-electron chi connectivity index (χ3n) is 8.50. The molecule has 3 aliphatic carbocycles. The first-order valence-electron chi connectivity index (χ1n) is 11.8. The van der Waals surface area contributed by atoms with E-state index < -0.39 is 46.5 Å². The third kappa shape index (κ3) is 4.36. The summed E-state index contributed by atoms with van der Waals surface area (Å²) in [5.41, 5.74) is 0.236. The minimum absolute atomic E-state index is 0.0951. The highest BCUT2D eigenvalue weighted by atomic mass is 16.6. The van der Waals surface area contributed by atoms with Crippen molar-refractivity contribution in [3.05, 3.63) is 23.8 Å². The maximum Gasteiger partial charge on any atom is 0.303 e. The number of hydrogen-bond donors (Lipinski definition) is 1. The van der Waals surface area contributed by atoms with Gasteiger partial charge >= 0.3 is 17.9 Å². The number of carbonyl (C=O) groups excluding carboxylic acids is 3. The summed E-state index contributed by atoms with van der Waals surface area (Å²) in [4.78, 5) is 35.9. The summed E-state index contributed by atoms with van der Waals surface area (Å²) in [5, 5.41) is 11.4. The van der Waals surface area contributed by atoms with Gasteiger partial charge in [-0.1, -0.05) is 32.4 Å². The maximum atomic E-state index is 12.1. The van der Waals surface area contributed by atoms with E-state index in [1.54, 1.807) is 0 Å². The second-order valence-corrected chi connectivity index (χ2v) is 10.8. The van der Waals surface area contributed by atoms with E-state index in [1.807, 2.05) is 13.0 Å². The Bertz CT molecular complexity index is 876. The van der Waals surface area contributed by atoms with E-state index in [-0.39, 0.29) is 18.5 Å². The summed E-state index contributed by atoms with van der Waals surface area (Å²) in [7, 11) is 0. The van der Waals surface area contributed by atoms with Crippen LogP contribution in [0.15, 0.2) is 23.8 Å². The van der Waals surface area contributed by atoms with Crippen molar-refractivity contribution in [1.82, 2.24) is 0 Å². The molecule has 7 nitrogen and oxygen atoms in total. The van der Waals surface area contributed by atoms with Crippen LogP contribution in [0.2, 0.25) is 0 Å². The average Bonchev–Trinajstić information content (AvgIpc) is 2.72.